The molecular formula is C10H12N4O2S. The summed E-state index contributed by atoms with van der Waals surface area (Å²) in [7, 11) is 0. The number of nitrogens with one attached hydrogen (secondary N) is 1. The van der Waals surface area contributed by atoms with E-state index in [1.165, 1.54) is 6.21 Å². The molecule has 0 saturated heterocycles. The maximum Gasteiger partial charge on any atom is 0.255 e. The Bertz CT molecular complexity index is 448. The Hall–Kier alpha value is -2.15. The number of ether oxygens (including phenoxy) is 1. The molecule has 0 aromatic heterocycles. The first kappa shape index (κ1) is 12.9. The zero-order valence-electron chi connectivity index (χ0n) is 8.92. The van der Waals surface area contributed by atoms with Gasteiger partial charge >= 0.3 is 0 Å². The number of carbonyl (C=O) groups excluding carboxylic acids is 1. The number of rotatable bonds is 5. The normalized spacial score (nSPS) is 10.1. The number of nitrogens with zero attached hydrogens (tertiary/aromatic N) is 1. The third-order valence-corrected chi connectivity index (χ3v) is 1.76. The van der Waals surface area contributed by atoms with E-state index >= 15 is 0 Å². The number of hydrogen-bond donors (Lipinski definition) is 3. The largest absolute Gasteiger partial charge is 0.483 e. The van der Waals surface area contributed by atoms with Gasteiger partial charge in [-0.1, -0.05) is 12.1 Å². The standard InChI is InChI=1S/C10H12N4O2S/c11-9(15)6-16-8-4-2-1-3-7(8)5-13-14-10(12)17/h1-5H,6H2,(H2,11,15)(H3,12,14,17)/b13-5+. The molecule has 0 atom stereocenters. The average Bonchev–Trinajstić information content (AvgIpc) is 2.27. The Morgan fingerprint density at radius 3 is 2.82 bits per heavy atom. The zero-order chi connectivity index (χ0) is 12.7. The van der Waals surface area contributed by atoms with Gasteiger partial charge in [0.05, 0.1) is 6.21 Å². The van der Waals surface area contributed by atoms with Crippen molar-refractivity contribution in [1.29, 1.82) is 0 Å². The quantitative estimate of drug-likeness (QED) is 0.380. The van der Waals surface area contributed by atoms with Gasteiger partial charge in [-0.2, -0.15) is 5.10 Å². The number of benzene rings is 1. The maximum absolute atomic E-state index is 10.6. The van der Waals surface area contributed by atoms with Gasteiger partial charge in [-0.25, -0.2) is 0 Å². The summed E-state index contributed by atoms with van der Waals surface area (Å²) in [5.74, 6) is -0.0437. The number of hydrazone groups is 1. The number of thiocarbonyl (C=S) groups is 1. The van der Waals surface area contributed by atoms with Crippen molar-refractivity contribution in [3.8, 4) is 5.75 Å². The summed E-state index contributed by atoms with van der Waals surface area (Å²) in [6, 6.07) is 7.04. The van der Waals surface area contributed by atoms with Gasteiger partial charge in [0.25, 0.3) is 5.91 Å². The van der Waals surface area contributed by atoms with Gasteiger partial charge in [-0.05, 0) is 24.4 Å². The predicted octanol–water partition coefficient (Wildman–Crippen LogP) is -0.282. The van der Waals surface area contributed by atoms with E-state index in [4.69, 9.17) is 16.2 Å². The summed E-state index contributed by atoms with van der Waals surface area (Å²) in [5, 5.41) is 3.86. The molecule has 0 spiro atoms. The molecule has 0 heterocycles. The highest BCUT2D eigenvalue weighted by Gasteiger charge is 2.02. The second-order valence-electron chi connectivity index (χ2n) is 3.03. The minimum Gasteiger partial charge on any atom is -0.483 e. The molecule has 0 radical (unpaired) electrons. The molecule has 6 nitrogen and oxygen atoms in total. The van der Waals surface area contributed by atoms with E-state index < -0.39 is 5.91 Å². The fourth-order valence-corrected chi connectivity index (χ4v) is 1.09. The molecule has 1 amide bonds. The van der Waals surface area contributed by atoms with Crippen LogP contribution in [0.1, 0.15) is 5.56 Å². The van der Waals surface area contributed by atoms with E-state index in [0.717, 1.165) is 0 Å². The van der Waals surface area contributed by atoms with Crippen molar-refractivity contribution < 1.29 is 9.53 Å². The van der Waals surface area contributed by atoms with E-state index in [2.05, 4.69) is 22.7 Å². The van der Waals surface area contributed by atoms with Crippen LogP contribution in [0.5, 0.6) is 5.75 Å². The minimum atomic E-state index is -0.544. The van der Waals surface area contributed by atoms with Gasteiger partial charge in [0.2, 0.25) is 0 Å². The summed E-state index contributed by atoms with van der Waals surface area (Å²) in [6.07, 6.45) is 1.48. The lowest BCUT2D eigenvalue weighted by Gasteiger charge is -2.06. The Labute approximate surface area is 104 Å². The van der Waals surface area contributed by atoms with Crippen LogP contribution in [0.3, 0.4) is 0 Å². The summed E-state index contributed by atoms with van der Waals surface area (Å²) in [6.45, 7) is -0.187. The van der Waals surface area contributed by atoms with E-state index in [-0.39, 0.29) is 11.7 Å². The Balaban J connectivity index is 2.73. The third kappa shape index (κ3) is 4.94. The molecule has 0 aliphatic rings. The molecule has 1 aromatic rings. The summed E-state index contributed by atoms with van der Waals surface area (Å²) in [5.41, 5.74) is 13.3. The van der Waals surface area contributed by atoms with E-state index in [1.807, 2.05) is 0 Å². The molecular weight excluding hydrogens is 240 g/mol. The van der Waals surface area contributed by atoms with Crippen molar-refractivity contribution in [3.63, 3.8) is 0 Å². The molecule has 0 aliphatic carbocycles. The van der Waals surface area contributed by atoms with Crippen LogP contribution >= 0.6 is 12.2 Å². The number of carbonyl (C=O) groups is 1. The lowest BCUT2D eigenvalue weighted by Crippen LogP contribution is -2.24. The van der Waals surface area contributed by atoms with Crippen molar-refractivity contribution >= 4 is 29.5 Å². The van der Waals surface area contributed by atoms with Gasteiger partial charge in [0.15, 0.2) is 11.7 Å². The summed E-state index contributed by atoms with van der Waals surface area (Å²) < 4.78 is 5.20. The highest BCUT2D eigenvalue weighted by atomic mass is 32.1. The van der Waals surface area contributed by atoms with Crippen LogP contribution in [-0.2, 0) is 4.79 Å². The van der Waals surface area contributed by atoms with Crippen molar-refractivity contribution in [1.82, 2.24) is 5.43 Å². The number of amides is 1. The molecule has 0 saturated carbocycles. The highest BCUT2D eigenvalue weighted by molar-refractivity contribution is 7.80. The smallest absolute Gasteiger partial charge is 0.255 e. The molecule has 7 heteroatoms. The lowest BCUT2D eigenvalue weighted by molar-refractivity contribution is -0.119. The fraction of sp³-hybridized carbons (Fsp3) is 0.100. The second kappa shape index (κ2) is 6.44. The monoisotopic (exact) mass is 252 g/mol. The molecule has 0 fully saturated rings. The first-order chi connectivity index (χ1) is 8.09. The van der Waals surface area contributed by atoms with E-state index in [0.29, 0.717) is 11.3 Å². The number of hydrogen-bond acceptors (Lipinski definition) is 4. The number of para-hydroxylation sites is 1. The Morgan fingerprint density at radius 1 is 1.47 bits per heavy atom. The van der Waals surface area contributed by atoms with Crippen molar-refractivity contribution in [3.05, 3.63) is 29.8 Å². The second-order valence-corrected chi connectivity index (χ2v) is 3.47. The molecule has 90 valence electrons. The highest BCUT2D eigenvalue weighted by Crippen LogP contribution is 2.15. The third-order valence-electron chi connectivity index (χ3n) is 1.67. The average molecular weight is 252 g/mol. The van der Waals surface area contributed by atoms with E-state index in [9.17, 15) is 4.79 Å². The topological polar surface area (TPSA) is 103 Å². The number of nitrogens with two attached hydrogens (primary N) is 2. The van der Waals surface area contributed by atoms with Crippen molar-refractivity contribution in [2.24, 2.45) is 16.6 Å². The summed E-state index contributed by atoms with van der Waals surface area (Å²) >= 11 is 4.59. The van der Waals surface area contributed by atoms with Crippen LogP contribution in [0.15, 0.2) is 29.4 Å². The first-order valence-electron chi connectivity index (χ1n) is 4.68. The van der Waals surface area contributed by atoms with Crippen molar-refractivity contribution in [2.75, 3.05) is 6.61 Å². The Kier molecular flexibility index (Phi) is 4.89. The molecule has 1 rings (SSSR count). The SMILES string of the molecule is NC(=O)COc1ccccc1/C=N/NC(N)=S. The lowest BCUT2D eigenvalue weighted by atomic mass is 10.2. The molecule has 0 bridgehead atoms. The van der Waals surface area contributed by atoms with Gasteiger partial charge in [0, 0.05) is 5.56 Å². The van der Waals surface area contributed by atoms with Crippen LogP contribution in [0.25, 0.3) is 0 Å². The van der Waals surface area contributed by atoms with Crippen molar-refractivity contribution in [2.45, 2.75) is 0 Å². The van der Waals surface area contributed by atoms with Crippen LogP contribution in [0, 0.1) is 0 Å². The fourth-order valence-electron chi connectivity index (χ4n) is 1.03. The summed E-state index contributed by atoms with van der Waals surface area (Å²) in [4.78, 5) is 10.6. The van der Waals surface area contributed by atoms with E-state index in [1.54, 1.807) is 24.3 Å². The van der Waals surface area contributed by atoms with Crippen LogP contribution in [-0.4, -0.2) is 23.8 Å². The van der Waals surface area contributed by atoms with Crippen LogP contribution in [0.4, 0.5) is 0 Å². The van der Waals surface area contributed by atoms with Crippen LogP contribution < -0.4 is 21.6 Å². The molecule has 0 unspecified atom stereocenters. The minimum absolute atomic E-state index is 0.0665. The van der Waals surface area contributed by atoms with Gasteiger partial charge in [-0.15, -0.1) is 0 Å². The number of primary amides is 1. The molecule has 17 heavy (non-hydrogen) atoms. The van der Waals surface area contributed by atoms with Crippen LogP contribution in [0.2, 0.25) is 0 Å². The van der Waals surface area contributed by atoms with Gasteiger partial charge in [0.1, 0.15) is 5.75 Å². The van der Waals surface area contributed by atoms with Gasteiger partial charge in [-0.3, -0.25) is 10.2 Å². The Morgan fingerprint density at radius 2 is 2.18 bits per heavy atom. The first-order valence-corrected chi connectivity index (χ1v) is 5.09. The maximum atomic E-state index is 10.6. The molecule has 5 N–H and O–H groups in total. The predicted molar refractivity (Wildman–Crippen MR) is 68.6 cm³/mol. The van der Waals surface area contributed by atoms with Gasteiger partial charge < -0.3 is 16.2 Å². The molecule has 0 aliphatic heterocycles. The molecule has 1 aromatic carbocycles. The zero-order valence-corrected chi connectivity index (χ0v) is 9.74.